The number of morpholine rings is 1. The van der Waals surface area contributed by atoms with Crippen LogP contribution >= 0.6 is 0 Å². The Balaban J connectivity index is 1.67. The number of hydrogen-bond donors (Lipinski definition) is 0. The maximum atomic E-state index is 12.3. The fourth-order valence-corrected chi connectivity index (χ4v) is 2.78. The molecule has 1 amide bonds. The van der Waals surface area contributed by atoms with Crippen LogP contribution in [0.25, 0.3) is 0 Å². The van der Waals surface area contributed by atoms with E-state index in [0.717, 1.165) is 57.9 Å². The van der Waals surface area contributed by atoms with Crippen LogP contribution in [0.2, 0.25) is 0 Å². The summed E-state index contributed by atoms with van der Waals surface area (Å²) < 4.78 is 5.34. The van der Waals surface area contributed by atoms with Crippen molar-refractivity contribution in [1.82, 2.24) is 9.88 Å². The van der Waals surface area contributed by atoms with Gasteiger partial charge in [0, 0.05) is 26.2 Å². The van der Waals surface area contributed by atoms with Gasteiger partial charge in [-0.3, -0.25) is 4.79 Å². The molecule has 0 saturated carbocycles. The highest BCUT2D eigenvalue weighted by Crippen LogP contribution is 2.17. The van der Waals surface area contributed by atoms with Crippen molar-refractivity contribution in [2.75, 3.05) is 44.3 Å². The van der Waals surface area contributed by atoms with E-state index < -0.39 is 0 Å². The first-order valence-electron chi connectivity index (χ1n) is 7.42. The summed E-state index contributed by atoms with van der Waals surface area (Å²) in [4.78, 5) is 20.8. The molecule has 0 N–H and O–H groups in total. The van der Waals surface area contributed by atoms with Gasteiger partial charge in [0.1, 0.15) is 5.69 Å². The quantitative estimate of drug-likeness (QED) is 0.821. The molecule has 20 heavy (non-hydrogen) atoms. The molecule has 5 nitrogen and oxygen atoms in total. The minimum Gasteiger partial charge on any atom is -0.378 e. The van der Waals surface area contributed by atoms with E-state index in [9.17, 15) is 4.79 Å². The second-order valence-corrected chi connectivity index (χ2v) is 5.35. The van der Waals surface area contributed by atoms with Gasteiger partial charge in [0.25, 0.3) is 5.91 Å². The molecule has 5 heteroatoms. The van der Waals surface area contributed by atoms with Crippen molar-refractivity contribution in [3.8, 4) is 0 Å². The maximum absolute atomic E-state index is 12.3. The van der Waals surface area contributed by atoms with Gasteiger partial charge in [0.2, 0.25) is 0 Å². The van der Waals surface area contributed by atoms with Crippen molar-refractivity contribution in [1.29, 1.82) is 0 Å². The minimum absolute atomic E-state index is 0.0678. The number of nitrogens with zero attached hydrogens (tertiary/aromatic N) is 3. The normalized spacial score (nSPS) is 20.0. The first kappa shape index (κ1) is 13.4. The first-order chi connectivity index (χ1) is 9.84. The molecule has 0 bridgehead atoms. The van der Waals surface area contributed by atoms with Gasteiger partial charge in [-0.25, -0.2) is 4.98 Å². The Morgan fingerprint density at radius 2 is 1.80 bits per heavy atom. The lowest BCUT2D eigenvalue weighted by Gasteiger charge is -2.29. The van der Waals surface area contributed by atoms with E-state index in [-0.39, 0.29) is 5.91 Å². The monoisotopic (exact) mass is 275 g/mol. The molecule has 1 aromatic heterocycles. The van der Waals surface area contributed by atoms with Crippen molar-refractivity contribution in [3.63, 3.8) is 0 Å². The van der Waals surface area contributed by atoms with Gasteiger partial charge in [-0.15, -0.1) is 0 Å². The summed E-state index contributed by atoms with van der Waals surface area (Å²) in [5.41, 5.74) is 1.63. The van der Waals surface area contributed by atoms with E-state index in [1.54, 1.807) is 0 Å². The van der Waals surface area contributed by atoms with Gasteiger partial charge in [-0.05, 0) is 31.4 Å². The van der Waals surface area contributed by atoms with Gasteiger partial charge in [0.15, 0.2) is 0 Å². The topological polar surface area (TPSA) is 45.7 Å². The summed E-state index contributed by atoms with van der Waals surface area (Å²) in [7, 11) is 0. The Labute approximate surface area is 119 Å². The van der Waals surface area contributed by atoms with Crippen molar-refractivity contribution in [2.45, 2.75) is 19.3 Å². The molecular weight excluding hydrogens is 254 g/mol. The minimum atomic E-state index is 0.0678. The van der Waals surface area contributed by atoms with E-state index in [0.29, 0.717) is 5.69 Å². The first-order valence-corrected chi connectivity index (χ1v) is 7.42. The van der Waals surface area contributed by atoms with Crippen molar-refractivity contribution < 1.29 is 9.53 Å². The summed E-state index contributed by atoms with van der Waals surface area (Å²) in [5.74, 6) is 0.0678. The number of piperidine rings is 1. The smallest absolute Gasteiger partial charge is 0.272 e. The van der Waals surface area contributed by atoms with E-state index in [4.69, 9.17) is 4.74 Å². The van der Waals surface area contributed by atoms with Crippen LogP contribution in [0.15, 0.2) is 18.3 Å². The molecule has 0 aromatic carbocycles. The van der Waals surface area contributed by atoms with E-state index in [1.165, 1.54) is 6.42 Å². The lowest BCUT2D eigenvalue weighted by atomic mass is 10.1. The number of likely N-dealkylation sites (tertiary alicyclic amines) is 1. The Kier molecular flexibility index (Phi) is 4.16. The molecule has 2 aliphatic heterocycles. The fraction of sp³-hybridized carbons (Fsp3) is 0.600. The number of rotatable bonds is 2. The lowest BCUT2D eigenvalue weighted by molar-refractivity contribution is 0.0718. The largest absolute Gasteiger partial charge is 0.378 e. The molecular formula is C15H21N3O2. The van der Waals surface area contributed by atoms with Crippen LogP contribution in [0.4, 0.5) is 5.69 Å². The zero-order valence-electron chi connectivity index (χ0n) is 11.8. The Morgan fingerprint density at radius 1 is 1.05 bits per heavy atom. The third-order valence-electron chi connectivity index (χ3n) is 3.99. The summed E-state index contributed by atoms with van der Waals surface area (Å²) in [5, 5.41) is 0. The Morgan fingerprint density at radius 3 is 2.45 bits per heavy atom. The van der Waals surface area contributed by atoms with Crippen LogP contribution in [0.1, 0.15) is 29.8 Å². The second kappa shape index (κ2) is 6.22. The zero-order chi connectivity index (χ0) is 13.8. The summed E-state index contributed by atoms with van der Waals surface area (Å²) in [6, 6.07) is 3.84. The highest BCUT2D eigenvalue weighted by atomic mass is 16.5. The molecule has 0 unspecified atom stereocenters. The summed E-state index contributed by atoms with van der Waals surface area (Å²) in [6.07, 6.45) is 5.25. The molecule has 3 heterocycles. The number of carbonyl (C=O) groups excluding carboxylic acids is 1. The third-order valence-corrected chi connectivity index (χ3v) is 3.99. The lowest BCUT2D eigenvalue weighted by Crippen LogP contribution is -2.37. The number of hydrogen-bond acceptors (Lipinski definition) is 4. The number of aromatic nitrogens is 1. The molecule has 0 spiro atoms. The van der Waals surface area contributed by atoms with Crippen LogP contribution in [-0.4, -0.2) is 55.2 Å². The molecule has 2 aliphatic rings. The van der Waals surface area contributed by atoms with Gasteiger partial charge in [-0.2, -0.15) is 0 Å². The van der Waals surface area contributed by atoms with Gasteiger partial charge >= 0.3 is 0 Å². The zero-order valence-corrected chi connectivity index (χ0v) is 11.8. The molecule has 2 saturated heterocycles. The number of ether oxygens (including phenoxy) is 1. The predicted octanol–water partition coefficient (Wildman–Crippen LogP) is 1.54. The average Bonchev–Trinajstić information content (AvgIpc) is 2.56. The highest BCUT2D eigenvalue weighted by Gasteiger charge is 2.19. The van der Waals surface area contributed by atoms with Crippen LogP contribution in [0.3, 0.4) is 0 Å². The summed E-state index contributed by atoms with van der Waals surface area (Å²) >= 11 is 0. The predicted molar refractivity (Wildman–Crippen MR) is 77.0 cm³/mol. The standard InChI is InChI=1S/C15H21N3O2/c19-15(18-6-2-1-3-7-18)14-5-4-13(12-16-14)17-8-10-20-11-9-17/h4-5,12H,1-3,6-11H2. The van der Waals surface area contributed by atoms with Gasteiger partial charge < -0.3 is 14.5 Å². The second-order valence-electron chi connectivity index (χ2n) is 5.35. The fourth-order valence-electron chi connectivity index (χ4n) is 2.78. The third kappa shape index (κ3) is 2.93. The van der Waals surface area contributed by atoms with Crippen molar-refractivity contribution in [2.24, 2.45) is 0 Å². The Bertz CT molecular complexity index is 449. The number of carbonyl (C=O) groups is 1. The molecule has 0 atom stereocenters. The number of amides is 1. The van der Waals surface area contributed by atoms with Crippen molar-refractivity contribution >= 4 is 11.6 Å². The molecule has 108 valence electrons. The number of pyridine rings is 1. The van der Waals surface area contributed by atoms with E-state index >= 15 is 0 Å². The molecule has 1 aromatic rings. The van der Waals surface area contributed by atoms with Crippen LogP contribution in [-0.2, 0) is 4.74 Å². The van der Waals surface area contributed by atoms with Crippen LogP contribution < -0.4 is 4.90 Å². The highest BCUT2D eigenvalue weighted by molar-refractivity contribution is 5.92. The molecule has 2 fully saturated rings. The maximum Gasteiger partial charge on any atom is 0.272 e. The average molecular weight is 275 g/mol. The van der Waals surface area contributed by atoms with Crippen LogP contribution in [0.5, 0.6) is 0 Å². The molecule has 0 aliphatic carbocycles. The van der Waals surface area contributed by atoms with Gasteiger partial charge in [0.05, 0.1) is 25.1 Å². The van der Waals surface area contributed by atoms with Gasteiger partial charge in [-0.1, -0.05) is 0 Å². The van der Waals surface area contributed by atoms with E-state index in [1.807, 2.05) is 23.2 Å². The van der Waals surface area contributed by atoms with E-state index in [2.05, 4.69) is 9.88 Å². The number of anilines is 1. The van der Waals surface area contributed by atoms with Crippen molar-refractivity contribution in [3.05, 3.63) is 24.0 Å². The Hall–Kier alpha value is -1.62. The van der Waals surface area contributed by atoms with Crippen LogP contribution in [0, 0.1) is 0 Å². The SMILES string of the molecule is O=C(c1ccc(N2CCOCC2)cn1)N1CCCCC1. The molecule has 0 radical (unpaired) electrons. The summed E-state index contributed by atoms with van der Waals surface area (Å²) in [6.45, 7) is 5.03. The molecule has 3 rings (SSSR count).